The Morgan fingerprint density at radius 1 is 1.58 bits per heavy atom. The van der Waals surface area contributed by atoms with Crippen molar-refractivity contribution in [2.24, 2.45) is 7.05 Å². The second-order valence-electron chi connectivity index (χ2n) is 3.85. The molecule has 2 amide bonds. The third-order valence-electron chi connectivity index (χ3n) is 2.38. The van der Waals surface area contributed by atoms with Crippen molar-refractivity contribution in [1.29, 1.82) is 0 Å². The van der Waals surface area contributed by atoms with Gasteiger partial charge in [0.05, 0.1) is 6.61 Å². The van der Waals surface area contributed by atoms with E-state index in [-0.39, 0.29) is 6.61 Å². The molecule has 19 heavy (non-hydrogen) atoms. The van der Waals surface area contributed by atoms with Gasteiger partial charge >= 0.3 is 12.0 Å². The van der Waals surface area contributed by atoms with Gasteiger partial charge < -0.3 is 25.0 Å². The van der Waals surface area contributed by atoms with E-state index in [0.29, 0.717) is 13.0 Å². The fourth-order valence-electron chi connectivity index (χ4n) is 1.37. The van der Waals surface area contributed by atoms with E-state index in [1.165, 1.54) is 7.11 Å². The number of amides is 2. The molecule has 1 aromatic heterocycles. The molecule has 0 aliphatic heterocycles. The highest BCUT2D eigenvalue weighted by atomic mass is 16.5. The highest BCUT2D eigenvalue weighted by Gasteiger charge is 2.19. The topological polar surface area (TPSA) is 118 Å². The third kappa shape index (κ3) is 4.92. The van der Waals surface area contributed by atoms with E-state index in [4.69, 9.17) is 9.84 Å². The monoisotopic (exact) mass is 271 g/mol. The predicted molar refractivity (Wildman–Crippen MR) is 64.5 cm³/mol. The zero-order valence-electron chi connectivity index (χ0n) is 10.8. The summed E-state index contributed by atoms with van der Waals surface area (Å²) >= 11 is 0. The van der Waals surface area contributed by atoms with Crippen LogP contribution in [-0.2, 0) is 23.0 Å². The largest absolute Gasteiger partial charge is 0.480 e. The number of rotatable bonds is 7. The lowest BCUT2D eigenvalue weighted by molar-refractivity contribution is -0.140. The predicted octanol–water partition coefficient (Wildman–Crippen LogP) is -1.24. The smallest absolute Gasteiger partial charge is 0.328 e. The first-order valence-corrected chi connectivity index (χ1v) is 5.63. The summed E-state index contributed by atoms with van der Waals surface area (Å²) in [6, 6.07) is -1.63. The molecule has 0 radical (unpaired) electrons. The van der Waals surface area contributed by atoms with E-state index in [0.717, 1.165) is 5.82 Å². The SMILES string of the molecule is COCC(NC(=O)NCCc1nncn1C)C(=O)O. The molecule has 3 N–H and O–H groups in total. The molecule has 1 rings (SSSR count). The Hall–Kier alpha value is -2.16. The average molecular weight is 271 g/mol. The van der Waals surface area contributed by atoms with E-state index >= 15 is 0 Å². The van der Waals surface area contributed by atoms with E-state index < -0.39 is 18.0 Å². The summed E-state index contributed by atoms with van der Waals surface area (Å²) in [5.41, 5.74) is 0. The molecule has 1 aromatic rings. The molecule has 9 heteroatoms. The van der Waals surface area contributed by atoms with Crippen molar-refractivity contribution in [1.82, 2.24) is 25.4 Å². The first-order chi connectivity index (χ1) is 9.04. The maximum absolute atomic E-state index is 11.5. The number of hydrogen-bond acceptors (Lipinski definition) is 5. The number of carbonyl (C=O) groups is 2. The van der Waals surface area contributed by atoms with Crippen molar-refractivity contribution in [2.75, 3.05) is 20.3 Å². The first kappa shape index (κ1) is 14.9. The molecule has 0 fully saturated rings. The first-order valence-electron chi connectivity index (χ1n) is 5.63. The highest BCUT2D eigenvalue weighted by molar-refractivity contribution is 5.82. The van der Waals surface area contributed by atoms with Crippen LogP contribution in [-0.4, -0.2) is 58.2 Å². The quantitative estimate of drug-likeness (QED) is 0.570. The van der Waals surface area contributed by atoms with Crippen LogP contribution in [0.5, 0.6) is 0 Å². The van der Waals surface area contributed by atoms with E-state index in [1.807, 2.05) is 0 Å². The van der Waals surface area contributed by atoms with Crippen LogP contribution < -0.4 is 10.6 Å². The number of carboxylic acid groups (broad SMARTS) is 1. The number of aryl methyl sites for hydroxylation is 1. The zero-order valence-corrected chi connectivity index (χ0v) is 10.8. The number of aliphatic carboxylic acids is 1. The Morgan fingerprint density at radius 2 is 2.32 bits per heavy atom. The number of aromatic nitrogens is 3. The zero-order chi connectivity index (χ0) is 14.3. The van der Waals surface area contributed by atoms with Crippen LogP contribution in [0.3, 0.4) is 0 Å². The molecular formula is C10H17N5O4. The third-order valence-corrected chi connectivity index (χ3v) is 2.38. The van der Waals surface area contributed by atoms with Gasteiger partial charge in [0.1, 0.15) is 12.2 Å². The fraction of sp³-hybridized carbons (Fsp3) is 0.600. The Balaban J connectivity index is 2.31. The summed E-state index contributed by atoms with van der Waals surface area (Å²) in [5, 5.41) is 21.2. The number of carbonyl (C=O) groups excluding carboxylic acids is 1. The van der Waals surface area contributed by atoms with Gasteiger partial charge in [-0.1, -0.05) is 0 Å². The van der Waals surface area contributed by atoms with Gasteiger partial charge in [0.2, 0.25) is 0 Å². The van der Waals surface area contributed by atoms with Gasteiger partial charge in [-0.15, -0.1) is 10.2 Å². The van der Waals surface area contributed by atoms with Crippen LogP contribution in [0, 0.1) is 0 Å². The van der Waals surface area contributed by atoms with E-state index in [1.54, 1.807) is 17.9 Å². The normalized spacial score (nSPS) is 11.9. The fourth-order valence-corrected chi connectivity index (χ4v) is 1.37. The molecule has 0 aliphatic rings. The van der Waals surface area contributed by atoms with Crippen molar-refractivity contribution in [3.05, 3.63) is 12.2 Å². The van der Waals surface area contributed by atoms with Gasteiger partial charge in [-0.25, -0.2) is 9.59 Å². The van der Waals surface area contributed by atoms with Gasteiger partial charge in [0, 0.05) is 27.1 Å². The molecule has 0 aliphatic carbocycles. The van der Waals surface area contributed by atoms with Crippen molar-refractivity contribution in [2.45, 2.75) is 12.5 Å². The molecule has 1 heterocycles. The van der Waals surface area contributed by atoms with Crippen LogP contribution >= 0.6 is 0 Å². The molecule has 0 saturated heterocycles. The van der Waals surface area contributed by atoms with Crippen molar-refractivity contribution in [3.63, 3.8) is 0 Å². The molecule has 0 spiro atoms. The number of hydrogen-bond donors (Lipinski definition) is 3. The van der Waals surface area contributed by atoms with Crippen LogP contribution in [0.4, 0.5) is 4.79 Å². The number of methoxy groups -OCH3 is 1. The summed E-state index contributed by atoms with van der Waals surface area (Å²) in [7, 11) is 3.16. The highest BCUT2D eigenvalue weighted by Crippen LogP contribution is 1.91. The second-order valence-corrected chi connectivity index (χ2v) is 3.85. The Kier molecular flexibility index (Phi) is 5.73. The minimum atomic E-state index is -1.15. The molecule has 1 unspecified atom stereocenters. The van der Waals surface area contributed by atoms with E-state index in [2.05, 4.69) is 20.8 Å². The molecule has 0 bridgehead atoms. The van der Waals surface area contributed by atoms with Gasteiger partial charge in [-0.2, -0.15) is 0 Å². The standard InChI is InChI=1S/C10H17N5O4/c1-15-6-12-14-8(15)3-4-11-10(18)13-7(5-19-2)9(16)17/h6-7H,3-5H2,1-2H3,(H,16,17)(H2,11,13,18). The maximum atomic E-state index is 11.5. The van der Waals surface area contributed by atoms with Crippen molar-refractivity contribution < 1.29 is 19.4 Å². The minimum Gasteiger partial charge on any atom is -0.480 e. The van der Waals surface area contributed by atoms with Crippen LogP contribution in [0.1, 0.15) is 5.82 Å². The Bertz CT molecular complexity index is 433. The number of carboxylic acids is 1. The molecule has 106 valence electrons. The Morgan fingerprint density at radius 3 is 2.84 bits per heavy atom. The van der Waals surface area contributed by atoms with Crippen LogP contribution in [0.15, 0.2) is 6.33 Å². The number of ether oxygens (including phenoxy) is 1. The molecular weight excluding hydrogens is 254 g/mol. The molecule has 9 nitrogen and oxygen atoms in total. The molecule has 1 atom stereocenters. The van der Waals surface area contributed by atoms with Crippen LogP contribution in [0.25, 0.3) is 0 Å². The number of nitrogens with zero attached hydrogens (tertiary/aromatic N) is 3. The lowest BCUT2D eigenvalue weighted by atomic mass is 10.3. The average Bonchev–Trinajstić information content (AvgIpc) is 2.74. The summed E-state index contributed by atoms with van der Waals surface area (Å²) in [6.45, 7) is 0.240. The molecule has 0 aromatic carbocycles. The lowest BCUT2D eigenvalue weighted by Crippen LogP contribution is -2.48. The molecule has 0 saturated carbocycles. The van der Waals surface area contributed by atoms with Crippen molar-refractivity contribution in [3.8, 4) is 0 Å². The number of nitrogens with one attached hydrogen (secondary N) is 2. The van der Waals surface area contributed by atoms with Crippen LogP contribution in [0.2, 0.25) is 0 Å². The van der Waals surface area contributed by atoms with Gasteiger partial charge in [0.15, 0.2) is 6.04 Å². The maximum Gasteiger partial charge on any atom is 0.328 e. The van der Waals surface area contributed by atoms with Crippen molar-refractivity contribution >= 4 is 12.0 Å². The van der Waals surface area contributed by atoms with Gasteiger partial charge in [0.25, 0.3) is 0 Å². The summed E-state index contributed by atoms with van der Waals surface area (Å²) < 4.78 is 6.44. The summed E-state index contributed by atoms with van der Waals surface area (Å²) in [5.74, 6) is -0.419. The number of urea groups is 1. The Labute approximate surface area is 110 Å². The van der Waals surface area contributed by atoms with Gasteiger partial charge in [-0.3, -0.25) is 0 Å². The van der Waals surface area contributed by atoms with Gasteiger partial charge in [-0.05, 0) is 0 Å². The minimum absolute atomic E-state index is 0.0912. The second kappa shape index (κ2) is 7.31. The van der Waals surface area contributed by atoms with E-state index in [9.17, 15) is 9.59 Å². The summed E-state index contributed by atoms with van der Waals surface area (Å²) in [6.07, 6.45) is 2.07. The summed E-state index contributed by atoms with van der Waals surface area (Å²) in [4.78, 5) is 22.2. The lowest BCUT2D eigenvalue weighted by Gasteiger charge is -2.14.